The van der Waals surface area contributed by atoms with Gasteiger partial charge in [-0.25, -0.2) is 0 Å². The molecule has 0 heterocycles. The highest BCUT2D eigenvalue weighted by Gasteiger charge is 2.22. The van der Waals surface area contributed by atoms with E-state index in [1.165, 1.54) is 0 Å². The van der Waals surface area contributed by atoms with Gasteiger partial charge in [0.05, 0.1) is 12.2 Å². The first-order valence-electron chi connectivity index (χ1n) is 10.5. The summed E-state index contributed by atoms with van der Waals surface area (Å²) < 4.78 is 0. The molecular weight excluding hydrogens is 376 g/mol. The lowest BCUT2D eigenvalue weighted by molar-refractivity contribution is -0.116. The van der Waals surface area contributed by atoms with Crippen LogP contribution in [-0.2, 0) is 9.59 Å². The first kappa shape index (κ1) is 35.9. The highest BCUT2D eigenvalue weighted by Crippen LogP contribution is 2.19. The summed E-state index contributed by atoms with van der Waals surface area (Å²) in [5.41, 5.74) is 0. The molecule has 0 aliphatic heterocycles. The summed E-state index contributed by atoms with van der Waals surface area (Å²) in [7, 11) is 0. The second-order valence-corrected chi connectivity index (χ2v) is 7.37. The van der Waals surface area contributed by atoms with E-state index in [0.717, 1.165) is 31.8 Å². The van der Waals surface area contributed by atoms with Gasteiger partial charge in [0.15, 0.2) is 0 Å². The van der Waals surface area contributed by atoms with Crippen LogP contribution in [0, 0.1) is 23.7 Å². The van der Waals surface area contributed by atoms with Gasteiger partial charge in [-0.3, -0.25) is 0 Å². The highest BCUT2D eigenvalue weighted by molar-refractivity contribution is 5.54. The maximum Gasteiger partial charge on any atom is 0.125 e. The van der Waals surface area contributed by atoms with E-state index in [2.05, 4.69) is 25.7 Å². The Balaban J connectivity index is -0.000000211. The molecule has 0 fully saturated rings. The number of hydrogen-bond donors (Lipinski definition) is 2. The Morgan fingerprint density at radius 1 is 0.767 bits per heavy atom. The molecule has 178 valence electrons. The van der Waals surface area contributed by atoms with Crippen molar-refractivity contribution in [2.75, 3.05) is 0 Å². The third-order valence-corrected chi connectivity index (χ3v) is 5.03. The summed E-state index contributed by atoms with van der Waals surface area (Å²) in [6.45, 7) is 13.4. The molecule has 2 N–H and O–H groups in total. The number of rotatable bonds is 14. The van der Waals surface area contributed by atoms with Crippen LogP contribution in [-0.4, -0.2) is 35.0 Å². The Kier molecular flexibility index (Phi) is 28.4. The Morgan fingerprint density at radius 3 is 1.47 bits per heavy atom. The van der Waals surface area contributed by atoms with Crippen LogP contribution >= 0.6 is 0 Å². The van der Waals surface area contributed by atoms with E-state index < -0.39 is 12.2 Å². The van der Waals surface area contributed by atoms with Gasteiger partial charge in [0, 0.05) is 11.8 Å². The van der Waals surface area contributed by atoms with Gasteiger partial charge in [0.25, 0.3) is 0 Å². The fraction of sp³-hybridized carbons (Fsp3) is 0.692. The quantitative estimate of drug-likeness (QED) is 0.198. The molecule has 6 unspecified atom stereocenters. The predicted molar refractivity (Wildman–Crippen MR) is 131 cm³/mol. The number of allylic oxidation sites excluding steroid dienone is 5. The zero-order valence-electron chi connectivity index (χ0n) is 18.5. The van der Waals surface area contributed by atoms with Crippen molar-refractivity contribution in [3.8, 4) is 0 Å². The van der Waals surface area contributed by atoms with Crippen LogP contribution in [0.25, 0.3) is 0 Å². The summed E-state index contributed by atoms with van der Waals surface area (Å²) >= 11 is 0. The summed E-state index contributed by atoms with van der Waals surface area (Å²) in [6, 6.07) is 0. The minimum atomic E-state index is -0.535. The molecule has 0 amide bonds. The van der Waals surface area contributed by atoms with E-state index >= 15 is 0 Å². The molecule has 6 atom stereocenters. The Morgan fingerprint density at radius 2 is 1.17 bits per heavy atom. The fourth-order valence-electron chi connectivity index (χ4n) is 2.83. The fourth-order valence-corrected chi connectivity index (χ4v) is 2.83. The molecule has 0 aliphatic rings. The Labute approximate surface area is 187 Å². The van der Waals surface area contributed by atoms with E-state index in [-0.39, 0.29) is 38.5 Å². The topological polar surface area (TPSA) is 74.6 Å². The minimum absolute atomic E-state index is 0. The highest BCUT2D eigenvalue weighted by atomic mass is 16.3. The first-order valence-corrected chi connectivity index (χ1v) is 10.5. The minimum Gasteiger partial charge on any atom is -0.392 e. The first-order chi connectivity index (χ1) is 13.3. The van der Waals surface area contributed by atoms with E-state index in [0.29, 0.717) is 12.8 Å². The maximum atomic E-state index is 10.6. The number of aldehydes is 2. The van der Waals surface area contributed by atoms with Gasteiger partial charge in [-0.1, -0.05) is 86.4 Å². The lowest BCUT2D eigenvalue weighted by Gasteiger charge is -2.21. The third-order valence-electron chi connectivity index (χ3n) is 5.03. The van der Waals surface area contributed by atoms with Crippen LogP contribution in [0.2, 0.25) is 0 Å². The summed E-state index contributed by atoms with van der Waals surface area (Å²) in [6.07, 6.45) is 14.4. The van der Waals surface area contributed by atoms with Crippen molar-refractivity contribution >= 4 is 12.6 Å². The van der Waals surface area contributed by atoms with Gasteiger partial charge in [-0.2, -0.15) is 0 Å². The molecule has 0 aliphatic carbocycles. The van der Waals surface area contributed by atoms with E-state index in [9.17, 15) is 19.8 Å². The monoisotopic (exact) mass is 426 g/mol. The molecule has 0 bridgehead atoms. The Hall–Kier alpha value is -1.52. The Bertz CT molecular complexity index is 456. The van der Waals surface area contributed by atoms with Crippen LogP contribution in [0.1, 0.15) is 81.6 Å². The van der Waals surface area contributed by atoms with E-state index in [4.69, 9.17) is 0 Å². The number of carbonyl (C=O) groups excluding carboxylic acids is 2. The molecule has 0 aromatic heterocycles. The predicted octanol–water partition coefficient (Wildman–Crippen LogP) is 6.18. The lowest BCUT2D eigenvalue weighted by atomic mass is 9.89. The van der Waals surface area contributed by atoms with Crippen LogP contribution in [0.4, 0.5) is 0 Å². The molecule has 0 radical (unpaired) electrons. The number of aliphatic hydroxyl groups is 2. The molecule has 30 heavy (non-hydrogen) atoms. The van der Waals surface area contributed by atoms with E-state index in [1.54, 1.807) is 6.08 Å². The number of carbonyl (C=O) groups is 2. The molecule has 0 saturated carbocycles. The van der Waals surface area contributed by atoms with Crippen molar-refractivity contribution in [2.45, 2.75) is 93.8 Å². The maximum absolute atomic E-state index is 10.6. The van der Waals surface area contributed by atoms with Crippen LogP contribution in [0.3, 0.4) is 0 Å². The smallest absolute Gasteiger partial charge is 0.125 e. The average molecular weight is 427 g/mol. The summed E-state index contributed by atoms with van der Waals surface area (Å²) in [5, 5.41) is 19.6. The molecule has 0 spiro atoms. The molecular formula is C26H50O4. The number of aliphatic hydroxyl groups excluding tert-OH is 2. The molecule has 0 aromatic carbocycles. The van der Waals surface area contributed by atoms with Crippen LogP contribution in [0.5, 0.6) is 0 Å². The van der Waals surface area contributed by atoms with Gasteiger partial charge in [0.2, 0.25) is 0 Å². The molecule has 0 saturated heterocycles. The average Bonchev–Trinajstić information content (AvgIpc) is 2.70. The SMILES string of the molecule is C.C.C=C/C=C/CC(C)C(O)C(C=O)CC.CC/C=C\CC(C)C(O)C(C=O)CC. The van der Waals surface area contributed by atoms with Gasteiger partial charge < -0.3 is 19.8 Å². The number of hydrogen-bond acceptors (Lipinski definition) is 4. The molecule has 4 nitrogen and oxygen atoms in total. The molecule has 4 heteroatoms. The van der Waals surface area contributed by atoms with Gasteiger partial charge in [-0.05, 0) is 43.9 Å². The van der Waals surface area contributed by atoms with Crippen molar-refractivity contribution in [3.05, 3.63) is 37.0 Å². The second-order valence-electron chi connectivity index (χ2n) is 7.37. The van der Waals surface area contributed by atoms with Crippen LogP contribution in [0.15, 0.2) is 37.0 Å². The van der Waals surface area contributed by atoms with Crippen molar-refractivity contribution in [2.24, 2.45) is 23.7 Å². The van der Waals surface area contributed by atoms with Crippen molar-refractivity contribution < 1.29 is 19.8 Å². The zero-order chi connectivity index (χ0) is 21.9. The van der Waals surface area contributed by atoms with Crippen molar-refractivity contribution in [3.63, 3.8) is 0 Å². The molecule has 0 rings (SSSR count). The van der Waals surface area contributed by atoms with Gasteiger partial charge in [0.1, 0.15) is 12.6 Å². The molecule has 0 aromatic rings. The van der Waals surface area contributed by atoms with Crippen molar-refractivity contribution in [1.82, 2.24) is 0 Å². The summed E-state index contributed by atoms with van der Waals surface area (Å²) in [5.74, 6) is -0.170. The van der Waals surface area contributed by atoms with Crippen LogP contribution < -0.4 is 0 Å². The largest absolute Gasteiger partial charge is 0.392 e. The second kappa shape index (κ2) is 23.8. The standard InChI is InChI=1S/C12H22O2.C12H20O2.2CH4/c2*1-4-6-7-8-10(3)12(14)11(5-2)9-13;;/h6-7,9-12,14H,4-5,8H2,1-3H3;4,6-7,9-12,14H,1,5,8H2,2-3H3;2*1H4/b7-6-;7-6+;;. The third kappa shape index (κ3) is 16.3. The van der Waals surface area contributed by atoms with Gasteiger partial charge >= 0.3 is 0 Å². The van der Waals surface area contributed by atoms with Gasteiger partial charge in [-0.15, -0.1) is 0 Å². The lowest BCUT2D eigenvalue weighted by Crippen LogP contribution is -2.27. The zero-order valence-corrected chi connectivity index (χ0v) is 18.5. The van der Waals surface area contributed by atoms with E-state index in [1.807, 2.05) is 39.8 Å². The summed E-state index contributed by atoms with van der Waals surface area (Å²) in [4.78, 5) is 21.3. The van der Waals surface area contributed by atoms with Crippen molar-refractivity contribution in [1.29, 1.82) is 0 Å². The normalized spacial score (nSPS) is 16.6.